The third kappa shape index (κ3) is 5.33. The van der Waals surface area contributed by atoms with Crippen LogP contribution in [0.3, 0.4) is 0 Å². The molecule has 1 aliphatic heterocycles. The Balaban J connectivity index is 1.91. The van der Waals surface area contributed by atoms with Crippen molar-refractivity contribution in [3.63, 3.8) is 0 Å². The molecule has 0 spiro atoms. The molecular weight excluding hydrogens is 346 g/mol. The van der Waals surface area contributed by atoms with Gasteiger partial charge in [0.25, 0.3) is 0 Å². The summed E-state index contributed by atoms with van der Waals surface area (Å²) >= 11 is 0. The average Bonchev–Trinajstić information content (AvgIpc) is 2.65. The van der Waals surface area contributed by atoms with Gasteiger partial charge in [-0.05, 0) is 39.8 Å². The summed E-state index contributed by atoms with van der Waals surface area (Å²) in [6, 6.07) is 5.00. The van der Waals surface area contributed by atoms with Crippen molar-refractivity contribution in [2.45, 2.75) is 39.3 Å². The molecule has 0 radical (unpaired) electrons. The molecule has 0 bridgehead atoms. The molecule has 146 valence electrons. The maximum absolute atomic E-state index is 12.7. The Morgan fingerprint density at radius 3 is 2.37 bits per heavy atom. The molecule has 1 saturated heterocycles. The van der Waals surface area contributed by atoms with E-state index in [1.54, 1.807) is 51.9 Å². The first-order chi connectivity index (χ1) is 12.6. The SMILES string of the molecule is C[C@H](C(=O)N1CCN(c2ccc(C#N)cn2)CC1)N(C)C(=O)OC(C)(C)C. The van der Waals surface area contributed by atoms with Crippen molar-refractivity contribution in [1.82, 2.24) is 14.8 Å². The molecule has 0 N–H and O–H groups in total. The summed E-state index contributed by atoms with van der Waals surface area (Å²) in [6.45, 7) is 9.48. The van der Waals surface area contributed by atoms with Crippen LogP contribution in [-0.4, -0.2) is 71.7 Å². The number of aromatic nitrogens is 1. The number of nitrogens with zero attached hydrogens (tertiary/aromatic N) is 5. The molecule has 8 heteroatoms. The minimum atomic E-state index is -0.603. The monoisotopic (exact) mass is 373 g/mol. The van der Waals surface area contributed by atoms with E-state index in [-0.39, 0.29) is 5.91 Å². The third-order valence-corrected chi connectivity index (χ3v) is 4.41. The maximum atomic E-state index is 12.7. The van der Waals surface area contributed by atoms with E-state index in [1.165, 1.54) is 4.90 Å². The molecule has 1 fully saturated rings. The topological polar surface area (TPSA) is 89.8 Å². The first-order valence-corrected chi connectivity index (χ1v) is 8.98. The highest BCUT2D eigenvalue weighted by Crippen LogP contribution is 2.16. The van der Waals surface area contributed by atoms with Crippen LogP contribution in [0.25, 0.3) is 0 Å². The van der Waals surface area contributed by atoms with Crippen molar-refractivity contribution >= 4 is 17.8 Å². The molecule has 0 unspecified atom stereocenters. The zero-order valence-electron chi connectivity index (χ0n) is 16.6. The predicted octanol–water partition coefficient (Wildman–Crippen LogP) is 1.86. The Hall–Kier alpha value is -2.82. The van der Waals surface area contributed by atoms with Gasteiger partial charge in [-0.1, -0.05) is 0 Å². The highest BCUT2D eigenvalue weighted by atomic mass is 16.6. The average molecular weight is 373 g/mol. The van der Waals surface area contributed by atoms with Crippen LogP contribution < -0.4 is 4.90 Å². The number of carbonyl (C=O) groups is 2. The number of carbonyl (C=O) groups excluding carboxylic acids is 2. The number of anilines is 1. The highest BCUT2D eigenvalue weighted by molar-refractivity contribution is 5.85. The zero-order chi connectivity index (χ0) is 20.2. The van der Waals surface area contributed by atoms with E-state index in [0.717, 1.165) is 5.82 Å². The summed E-state index contributed by atoms with van der Waals surface area (Å²) < 4.78 is 5.33. The Labute approximate surface area is 160 Å². The summed E-state index contributed by atoms with van der Waals surface area (Å²) in [6.07, 6.45) is 1.04. The molecule has 8 nitrogen and oxygen atoms in total. The van der Waals surface area contributed by atoms with Gasteiger partial charge in [-0.3, -0.25) is 9.69 Å². The van der Waals surface area contributed by atoms with Crippen molar-refractivity contribution in [2.24, 2.45) is 0 Å². The van der Waals surface area contributed by atoms with Crippen molar-refractivity contribution in [3.05, 3.63) is 23.9 Å². The molecule has 27 heavy (non-hydrogen) atoms. The summed E-state index contributed by atoms with van der Waals surface area (Å²) in [7, 11) is 1.58. The lowest BCUT2D eigenvalue weighted by molar-refractivity contribution is -0.136. The summed E-state index contributed by atoms with van der Waals surface area (Å²) in [4.78, 5) is 34.4. The van der Waals surface area contributed by atoms with Gasteiger partial charge in [0.1, 0.15) is 23.5 Å². The van der Waals surface area contributed by atoms with E-state index in [4.69, 9.17) is 10.00 Å². The second-order valence-electron chi connectivity index (χ2n) is 7.60. The zero-order valence-corrected chi connectivity index (χ0v) is 16.6. The molecule has 1 atom stereocenters. The molecule has 2 amide bonds. The van der Waals surface area contributed by atoms with Gasteiger partial charge in [-0.25, -0.2) is 9.78 Å². The number of likely N-dealkylation sites (N-methyl/N-ethyl adjacent to an activating group) is 1. The number of hydrogen-bond acceptors (Lipinski definition) is 6. The van der Waals surface area contributed by atoms with Gasteiger partial charge in [-0.15, -0.1) is 0 Å². The summed E-state index contributed by atoms with van der Waals surface area (Å²) in [5.41, 5.74) is -0.0834. The highest BCUT2D eigenvalue weighted by Gasteiger charge is 2.31. The van der Waals surface area contributed by atoms with Crippen LogP contribution in [0.4, 0.5) is 10.6 Å². The van der Waals surface area contributed by atoms with E-state index in [9.17, 15) is 9.59 Å². The molecule has 1 aliphatic rings. The number of ether oxygens (including phenoxy) is 1. The number of pyridine rings is 1. The number of rotatable bonds is 3. The minimum Gasteiger partial charge on any atom is -0.444 e. The Morgan fingerprint density at radius 1 is 1.26 bits per heavy atom. The van der Waals surface area contributed by atoms with Crippen LogP contribution in [0.15, 0.2) is 18.3 Å². The lowest BCUT2D eigenvalue weighted by atomic mass is 10.2. The number of piperazine rings is 1. The van der Waals surface area contributed by atoms with Crippen molar-refractivity contribution in [2.75, 3.05) is 38.1 Å². The molecule has 0 saturated carbocycles. The molecule has 2 heterocycles. The number of hydrogen-bond donors (Lipinski definition) is 0. The van der Waals surface area contributed by atoms with Gasteiger partial charge in [0, 0.05) is 39.4 Å². The third-order valence-electron chi connectivity index (χ3n) is 4.41. The van der Waals surface area contributed by atoms with E-state index < -0.39 is 17.7 Å². The second-order valence-corrected chi connectivity index (χ2v) is 7.60. The lowest BCUT2D eigenvalue weighted by Gasteiger charge is -2.38. The van der Waals surface area contributed by atoms with Gasteiger partial charge in [0.05, 0.1) is 5.56 Å². The lowest BCUT2D eigenvalue weighted by Crippen LogP contribution is -2.55. The van der Waals surface area contributed by atoms with Crippen LogP contribution >= 0.6 is 0 Å². The van der Waals surface area contributed by atoms with Crippen LogP contribution in [0.5, 0.6) is 0 Å². The molecule has 2 rings (SSSR count). The van der Waals surface area contributed by atoms with Crippen molar-refractivity contribution < 1.29 is 14.3 Å². The van der Waals surface area contributed by atoms with Crippen LogP contribution in [0.2, 0.25) is 0 Å². The largest absolute Gasteiger partial charge is 0.444 e. The van der Waals surface area contributed by atoms with Gasteiger partial charge in [0.15, 0.2) is 0 Å². The van der Waals surface area contributed by atoms with E-state index in [1.807, 2.05) is 12.1 Å². The molecule has 0 aliphatic carbocycles. The van der Waals surface area contributed by atoms with Crippen molar-refractivity contribution in [1.29, 1.82) is 5.26 Å². The van der Waals surface area contributed by atoms with Crippen molar-refractivity contribution in [3.8, 4) is 6.07 Å². The minimum absolute atomic E-state index is 0.101. The first kappa shape index (κ1) is 20.5. The van der Waals surface area contributed by atoms with Gasteiger partial charge >= 0.3 is 6.09 Å². The molecule has 1 aromatic rings. The first-order valence-electron chi connectivity index (χ1n) is 8.98. The Kier molecular flexibility index (Phi) is 6.26. The van der Waals surface area contributed by atoms with E-state index in [2.05, 4.69) is 9.88 Å². The fraction of sp³-hybridized carbons (Fsp3) is 0.579. The fourth-order valence-corrected chi connectivity index (χ4v) is 2.72. The van der Waals surface area contributed by atoms with Crippen LogP contribution in [0, 0.1) is 11.3 Å². The number of nitriles is 1. The standard InChI is InChI=1S/C19H27N5O3/c1-14(22(5)18(26)27-19(2,3)4)17(25)24-10-8-23(9-11-24)16-7-6-15(12-20)13-21-16/h6-7,13-14H,8-11H2,1-5H3/t14-/m1/s1. The predicted molar refractivity (Wildman–Crippen MR) is 101 cm³/mol. The Bertz CT molecular complexity index is 712. The van der Waals surface area contributed by atoms with Crippen LogP contribution in [-0.2, 0) is 9.53 Å². The maximum Gasteiger partial charge on any atom is 0.410 e. The fourth-order valence-electron chi connectivity index (χ4n) is 2.72. The Morgan fingerprint density at radius 2 is 1.89 bits per heavy atom. The number of amides is 2. The van der Waals surface area contributed by atoms with E-state index >= 15 is 0 Å². The quantitative estimate of drug-likeness (QED) is 0.803. The molecule has 1 aromatic heterocycles. The second kappa shape index (κ2) is 8.25. The molecular formula is C19H27N5O3. The molecule has 0 aromatic carbocycles. The van der Waals surface area contributed by atoms with Crippen LogP contribution in [0.1, 0.15) is 33.3 Å². The van der Waals surface area contributed by atoms with Gasteiger partial charge in [0.2, 0.25) is 5.91 Å². The normalized spacial score (nSPS) is 15.7. The summed E-state index contributed by atoms with van der Waals surface area (Å²) in [5, 5.41) is 8.85. The smallest absolute Gasteiger partial charge is 0.410 e. The van der Waals surface area contributed by atoms with Gasteiger partial charge in [-0.2, -0.15) is 5.26 Å². The summed E-state index contributed by atoms with van der Waals surface area (Å²) in [5.74, 6) is 0.691. The van der Waals surface area contributed by atoms with E-state index in [0.29, 0.717) is 31.7 Å². The van der Waals surface area contributed by atoms with Gasteiger partial charge < -0.3 is 14.5 Å².